The Morgan fingerprint density at radius 2 is 1.61 bits per heavy atom. The average Bonchev–Trinajstić information content (AvgIpc) is 2.99. The molecule has 1 aromatic heterocycles. The van der Waals surface area contributed by atoms with E-state index in [-0.39, 0.29) is 22.6 Å². The van der Waals surface area contributed by atoms with Gasteiger partial charge in [0, 0.05) is 12.6 Å². The fourth-order valence-corrected chi connectivity index (χ4v) is 2.46. The van der Waals surface area contributed by atoms with Crippen molar-refractivity contribution in [2.45, 2.75) is 24.9 Å². The third kappa shape index (κ3) is 3.44. The number of hydrogen-bond donors (Lipinski definition) is 1. The van der Waals surface area contributed by atoms with E-state index in [2.05, 4.69) is 5.16 Å². The zero-order valence-electron chi connectivity index (χ0n) is 14.6. The Hall–Kier alpha value is -2.60. The van der Waals surface area contributed by atoms with Crippen LogP contribution in [0.5, 0.6) is 0 Å². The lowest BCUT2D eigenvalue weighted by Crippen LogP contribution is -2.53. The van der Waals surface area contributed by atoms with Crippen LogP contribution in [0, 0.1) is 6.92 Å². The van der Waals surface area contributed by atoms with E-state index >= 15 is 0 Å². The third-order valence-electron chi connectivity index (χ3n) is 4.04. The number of aliphatic hydroxyl groups is 1. The fourth-order valence-electron chi connectivity index (χ4n) is 2.46. The quantitative estimate of drug-likeness (QED) is 0.614. The first kappa shape index (κ1) is 21.7. The summed E-state index contributed by atoms with van der Waals surface area (Å²) < 4.78 is 82.7. The second kappa shape index (κ2) is 7.09. The van der Waals surface area contributed by atoms with Crippen LogP contribution in [0.25, 0.3) is 11.1 Å². The summed E-state index contributed by atoms with van der Waals surface area (Å²) in [6.07, 6.45) is -12.0. The SMILES string of the molecule is CON(C)C(=O)c1noc(C)c1-c1ccc(C(O)(C(F)(F)F)C(F)(F)F)cc1. The van der Waals surface area contributed by atoms with Gasteiger partial charge in [-0.25, -0.2) is 5.06 Å². The van der Waals surface area contributed by atoms with Gasteiger partial charge < -0.3 is 9.63 Å². The van der Waals surface area contributed by atoms with Crippen LogP contribution in [0.3, 0.4) is 0 Å². The summed E-state index contributed by atoms with van der Waals surface area (Å²) in [7, 11) is 2.47. The first-order valence-electron chi connectivity index (χ1n) is 7.50. The Bertz CT molecular complexity index is 843. The highest BCUT2D eigenvalue weighted by Gasteiger charge is 2.71. The molecule has 154 valence electrons. The number of hydrogen-bond acceptors (Lipinski definition) is 5. The van der Waals surface area contributed by atoms with Gasteiger partial charge in [-0.05, 0) is 12.5 Å². The lowest BCUT2D eigenvalue weighted by Gasteiger charge is -2.32. The molecule has 0 bridgehead atoms. The molecule has 0 aliphatic heterocycles. The lowest BCUT2D eigenvalue weighted by atomic mass is 9.90. The second-order valence-corrected chi connectivity index (χ2v) is 5.73. The summed E-state index contributed by atoms with van der Waals surface area (Å²) in [6, 6.07) is 2.72. The van der Waals surface area contributed by atoms with E-state index in [0.717, 1.165) is 17.2 Å². The normalized spacial score (nSPS) is 12.9. The maximum atomic E-state index is 13.0. The molecular weight excluding hydrogens is 398 g/mol. The summed E-state index contributed by atoms with van der Waals surface area (Å²) in [5.41, 5.74) is -6.61. The van der Waals surface area contributed by atoms with Gasteiger partial charge in [0.25, 0.3) is 11.5 Å². The molecule has 1 N–H and O–H groups in total. The van der Waals surface area contributed by atoms with E-state index in [0.29, 0.717) is 12.1 Å². The number of benzene rings is 1. The highest BCUT2D eigenvalue weighted by Crippen LogP contribution is 2.50. The van der Waals surface area contributed by atoms with Gasteiger partial charge in [0.1, 0.15) is 5.76 Å². The molecule has 1 aromatic carbocycles. The zero-order valence-corrected chi connectivity index (χ0v) is 14.6. The Balaban J connectivity index is 2.55. The van der Waals surface area contributed by atoms with E-state index in [4.69, 9.17) is 9.36 Å². The van der Waals surface area contributed by atoms with Crippen LogP contribution >= 0.6 is 0 Å². The van der Waals surface area contributed by atoms with Crippen LogP contribution in [0.1, 0.15) is 21.8 Å². The summed E-state index contributed by atoms with van der Waals surface area (Å²) in [6.45, 7) is 1.40. The maximum absolute atomic E-state index is 13.0. The molecule has 0 aliphatic rings. The lowest BCUT2D eigenvalue weighted by molar-refractivity contribution is -0.376. The van der Waals surface area contributed by atoms with E-state index in [9.17, 15) is 36.2 Å². The molecule has 0 saturated heterocycles. The van der Waals surface area contributed by atoms with E-state index < -0.39 is 29.4 Å². The van der Waals surface area contributed by atoms with Crippen molar-refractivity contribution in [2.75, 3.05) is 14.2 Å². The zero-order chi connectivity index (χ0) is 21.5. The molecule has 0 unspecified atom stereocenters. The molecule has 0 saturated carbocycles. The van der Waals surface area contributed by atoms with Crippen LogP contribution in [-0.2, 0) is 10.4 Å². The van der Waals surface area contributed by atoms with Crippen LogP contribution < -0.4 is 0 Å². The predicted octanol–water partition coefficient (Wildman–Crippen LogP) is 3.60. The molecule has 2 aromatic rings. The first-order valence-corrected chi connectivity index (χ1v) is 7.50. The van der Waals surface area contributed by atoms with Crippen LogP contribution in [0.15, 0.2) is 28.8 Å². The van der Waals surface area contributed by atoms with Crippen molar-refractivity contribution < 1.29 is 45.6 Å². The molecule has 2 rings (SSSR count). The number of hydroxylamine groups is 2. The Morgan fingerprint density at radius 3 is 2.04 bits per heavy atom. The third-order valence-corrected chi connectivity index (χ3v) is 4.04. The minimum atomic E-state index is -6.00. The molecule has 0 radical (unpaired) electrons. The molecule has 6 nitrogen and oxygen atoms in total. The van der Waals surface area contributed by atoms with Gasteiger partial charge in [0.15, 0.2) is 5.69 Å². The molecule has 0 spiro atoms. The number of rotatable bonds is 4. The van der Waals surface area contributed by atoms with Gasteiger partial charge in [-0.1, -0.05) is 29.4 Å². The van der Waals surface area contributed by atoms with Crippen molar-refractivity contribution in [3.05, 3.63) is 41.3 Å². The topological polar surface area (TPSA) is 75.8 Å². The average molecular weight is 412 g/mol. The number of amides is 1. The van der Waals surface area contributed by atoms with Crippen LogP contribution in [0.2, 0.25) is 0 Å². The summed E-state index contributed by atoms with van der Waals surface area (Å²) in [4.78, 5) is 16.9. The molecule has 1 heterocycles. The van der Waals surface area contributed by atoms with E-state index in [1.165, 1.54) is 21.1 Å². The fraction of sp³-hybridized carbons (Fsp3) is 0.375. The number of carbonyl (C=O) groups excluding carboxylic acids is 1. The number of halogens is 6. The Morgan fingerprint density at radius 1 is 1.11 bits per heavy atom. The summed E-state index contributed by atoms with van der Waals surface area (Å²) in [5.74, 6) is -0.650. The van der Waals surface area contributed by atoms with E-state index in [1.807, 2.05) is 0 Å². The van der Waals surface area contributed by atoms with Crippen LogP contribution in [-0.4, -0.2) is 47.7 Å². The molecule has 0 aliphatic carbocycles. The van der Waals surface area contributed by atoms with Gasteiger partial charge in [-0.2, -0.15) is 26.3 Å². The number of nitrogens with zero attached hydrogens (tertiary/aromatic N) is 2. The minimum absolute atomic E-state index is 0.0575. The van der Waals surface area contributed by atoms with Crippen molar-refractivity contribution in [3.8, 4) is 11.1 Å². The maximum Gasteiger partial charge on any atom is 0.430 e. The van der Waals surface area contributed by atoms with Gasteiger partial charge in [-0.3, -0.25) is 9.63 Å². The van der Waals surface area contributed by atoms with Crippen molar-refractivity contribution in [1.29, 1.82) is 0 Å². The standard InChI is InChI=1S/C16H14F6N2O4/c1-8-11(12(23-28-8)13(25)24(2)27-3)9-4-6-10(7-5-9)14(26,15(17,18)19)16(20,21)22/h4-7,26H,1-3H3. The Kier molecular flexibility index (Phi) is 5.50. The Labute approximate surface area is 154 Å². The number of aromatic nitrogens is 1. The smallest absolute Gasteiger partial charge is 0.369 e. The minimum Gasteiger partial charge on any atom is -0.369 e. The monoisotopic (exact) mass is 412 g/mol. The molecule has 1 amide bonds. The van der Waals surface area contributed by atoms with Gasteiger partial charge in [0.2, 0.25) is 0 Å². The first-order chi connectivity index (χ1) is 12.8. The number of carbonyl (C=O) groups is 1. The molecule has 0 fully saturated rings. The highest BCUT2D eigenvalue weighted by atomic mass is 19.4. The summed E-state index contributed by atoms with van der Waals surface area (Å²) in [5, 5.41) is 13.8. The largest absolute Gasteiger partial charge is 0.430 e. The molecule has 28 heavy (non-hydrogen) atoms. The number of alkyl halides is 6. The molecular formula is C16H14F6N2O4. The molecule has 0 atom stereocenters. The van der Waals surface area contributed by atoms with Gasteiger partial charge in [-0.15, -0.1) is 0 Å². The second-order valence-electron chi connectivity index (χ2n) is 5.73. The van der Waals surface area contributed by atoms with Gasteiger partial charge in [0.05, 0.1) is 12.7 Å². The predicted molar refractivity (Wildman–Crippen MR) is 81.8 cm³/mol. The molecule has 12 heteroatoms. The van der Waals surface area contributed by atoms with Crippen molar-refractivity contribution in [3.63, 3.8) is 0 Å². The van der Waals surface area contributed by atoms with Gasteiger partial charge >= 0.3 is 12.4 Å². The van der Waals surface area contributed by atoms with E-state index in [1.54, 1.807) is 0 Å². The highest BCUT2D eigenvalue weighted by molar-refractivity contribution is 5.98. The van der Waals surface area contributed by atoms with Crippen molar-refractivity contribution in [1.82, 2.24) is 10.2 Å². The number of aryl methyl sites for hydroxylation is 1. The van der Waals surface area contributed by atoms with Crippen LogP contribution in [0.4, 0.5) is 26.3 Å². The van der Waals surface area contributed by atoms with Crippen molar-refractivity contribution >= 4 is 5.91 Å². The van der Waals surface area contributed by atoms with Crippen molar-refractivity contribution in [2.24, 2.45) is 0 Å². The summed E-state index contributed by atoms with van der Waals surface area (Å²) >= 11 is 0.